The van der Waals surface area contributed by atoms with E-state index >= 15 is 0 Å². The first-order valence-corrected chi connectivity index (χ1v) is 19.6. The van der Waals surface area contributed by atoms with Gasteiger partial charge in [-0.05, 0) is 132 Å². The lowest BCUT2D eigenvalue weighted by molar-refractivity contribution is -0.138. The van der Waals surface area contributed by atoms with Gasteiger partial charge in [-0.1, -0.05) is 13.0 Å². The van der Waals surface area contributed by atoms with Crippen LogP contribution in [0.2, 0.25) is 0 Å². The summed E-state index contributed by atoms with van der Waals surface area (Å²) in [7, 11) is 0. The molecular formula is C41H46ClF3N8O5S. The zero-order chi connectivity index (χ0) is 41.9. The number of likely N-dealkylation sites (tertiary alicyclic amines) is 1. The highest BCUT2D eigenvalue weighted by Crippen LogP contribution is 2.40. The molecule has 3 saturated heterocycles. The summed E-state index contributed by atoms with van der Waals surface area (Å²) in [6, 6.07) is 13.9. The maximum Gasteiger partial charge on any atom is 0.419 e. The number of thiocarbonyl (C=S) groups is 1. The fourth-order valence-electron chi connectivity index (χ4n) is 7.56. The van der Waals surface area contributed by atoms with Crippen molar-refractivity contribution >= 4 is 76.1 Å². The predicted molar refractivity (Wildman–Crippen MR) is 222 cm³/mol. The molecule has 0 spiro atoms. The van der Waals surface area contributed by atoms with Gasteiger partial charge in [-0.3, -0.25) is 34.3 Å². The summed E-state index contributed by atoms with van der Waals surface area (Å²) < 4.78 is 47.5. The molecule has 2 aromatic carbocycles. The van der Waals surface area contributed by atoms with Gasteiger partial charge >= 0.3 is 6.18 Å². The molecule has 4 heterocycles. The van der Waals surface area contributed by atoms with Crippen LogP contribution in [0.25, 0.3) is 0 Å². The number of aryl methyl sites for hydroxylation is 1. The number of imide groups is 1. The molecule has 0 radical (unpaired) electrons. The van der Waals surface area contributed by atoms with Crippen LogP contribution in [-0.4, -0.2) is 75.9 Å². The van der Waals surface area contributed by atoms with Gasteiger partial charge in [0.25, 0.3) is 5.91 Å². The highest BCUT2D eigenvalue weighted by molar-refractivity contribution is 7.81. The van der Waals surface area contributed by atoms with Crippen LogP contribution in [0.4, 0.5) is 35.9 Å². The van der Waals surface area contributed by atoms with Gasteiger partial charge in [-0.25, -0.2) is 4.98 Å². The topological polar surface area (TPSA) is 160 Å². The number of nitrogens with one attached hydrogen (secondary N) is 3. The maximum atomic E-state index is 13.7. The molecule has 2 atom stereocenters. The summed E-state index contributed by atoms with van der Waals surface area (Å²) in [5.41, 5.74) is -0.752. The third-order valence-electron chi connectivity index (χ3n) is 11.0. The number of alkyl halides is 3. The largest absolute Gasteiger partial charge is 0.493 e. The van der Waals surface area contributed by atoms with Crippen LogP contribution in [0.5, 0.6) is 5.75 Å². The van der Waals surface area contributed by atoms with E-state index in [1.165, 1.54) is 6.07 Å². The van der Waals surface area contributed by atoms with E-state index in [1.54, 1.807) is 49.1 Å². The Morgan fingerprint density at radius 1 is 1.08 bits per heavy atom. The predicted octanol–water partition coefficient (Wildman–Crippen LogP) is 6.60. The average Bonchev–Trinajstić information content (AvgIpc) is 3.37. The fourth-order valence-corrected chi connectivity index (χ4v) is 8.08. The van der Waals surface area contributed by atoms with Gasteiger partial charge < -0.3 is 20.3 Å². The molecule has 18 heteroatoms. The normalized spacial score (nSPS) is 19.1. The zero-order valence-corrected chi connectivity index (χ0v) is 34.7. The van der Waals surface area contributed by atoms with Crippen molar-refractivity contribution in [3.63, 3.8) is 0 Å². The number of nitriles is 1. The van der Waals surface area contributed by atoms with Gasteiger partial charge in [0.15, 0.2) is 10.8 Å². The lowest BCUT2D eigenvalue weighted by Gasteiger charge is -2.35. The third kappa shape index (κ3) is 9.77. The quantitative estimate of drug-likeness (QED) is 0.133. The number of hydrogen-bond donors (Lipinski definition) is 3. The molecule has 3 aliphatic heterocycles. The second kappa shape index (κ2) is 18.3. The Balaban J connectivity index is 0.00000661. The monoisotopic (exact) mass is 854 g/mol. The summed E-state index contributed by atoms with van der Waals surface area (Å²) in [6.07, 6.45) is 0.0740. The molecule has 13 nitrogen and oxygen atoms in total. The van der Waals surface area contributed by atoms with Gasteiger partial charge in [-0.2, -0.15) is 18.4 Å². The van der Waals surface area contributed by atoms with Crippen LogP contribution in [-0.2, 0) is 31.8 Å². The summed E-state index contributed by atoms with van der Waals surface area (Å²) in [6.45, 7) is 9.12. The first-order valence-electron chi connectivity index (χ1n) is 19.2. The molecule has 314 valence electrons. The van der Waals surface area contributed by atoms with Gasteiger partial charge in [0.05, 0.1) is 30.1 Å². The zero-order valence-electron chi connectivity index (χ0n) is 33.0. The first kappa shape index (κ1) is 44.8. The second-order valence-electron chi connectivity index (χ2n) is 15.2. The van der Waals surface area contributed by atoms with E-state index in [-0.39, 0.29) is 53.4 Å². The van der Waals surface area contributed by atoms with Crippen LogP contribution in [0.3, 0.4) is 0 Å². The number of halogens is 4. The maximum absolute atomic E-state index is 13.7. The number of benzene rings is 2. The van der Waals surface area contributed by atoms with E-state index in [1.807, 2.05) is 26.0 Å². The lowest BCUT2D eigenvalue weighted by atomic mass is 9.93. The first-order chi connectivity index (χ1) is 27.5. The SMILES string of the molecule is CCc1cc(N2C(=S)N(c3cnc(C#N)c(C(F)(F)F)c3)C(=O)C2(C)C)ccc1OCCC1CCN([C@@H](C)C(=O)Nc2cccc(N[C@H]3CCC(=O)NC3=O)c2)CC1.Cl. The molecule has 3 aliphatic rings. The van der Waals surface area contributed by atoms with E-state index in [4.69, 9.17) is 17.0 Å². The van der Waals surface area contributed by atoms with Crippen molar-refractivity contribution < 1.29 is 37.1 Å². The van der Waals surface area contributed by atoms with Crippen molar-refractivity contribution in [1.29, 1.82) is 5.26 Å². The van der Waals surface area contributed by atoms with E-state index in [9.17, 15) is 37.6 Å². The summed E-state index contributed by atoms with van der Waals surface area (Å²) >= 11 is 5.69. The molecule has 3 fully saturated rings. The van der Waals surface area contributed by atoms with Crippen LogP contribution >= 0.6 is 24.6 Å². The number of anilines is 4. The standard InChI is InChI=1S/C41H45F3N8O5S.ClH/c1-5-26-19-29(52-39(58)51(38(56)40(52,3)4)30-21-31(41(42,43)44)33(22-45)46-23-30)9-11-34(26)57-18-15-25-13-16-50(17-14-25)24(2)36(54)48-28-8-6-7-27(20-28)47-32-10-12-35(53)49-37(32)55;/h6-9,11,19-21,23-25,32,47H,5,10,12-18H2,1-4H3,(H,48,54)(H,49,53,55);1H/t24-,32-;/m0./s1. The molecule has 59 heavy (non-hydrogen) atoms. The number of nitrogens with zero attached hydrogens (tertiary/aromatic N) is 5. The van der Waals surface area contributed by atoms with Gasteiger partial charge in [0, 0.05) is 23.5 Å². The van der Waals surface area contributed by atoms with E-state index < -0.39 is 34.9 Å². The number of amides is 4. The Hall–Kier alpha value is -5.31. The Morgan fingerprint density at radius 2 is 1.80 bits per heavy atom. The Labute approximate surface area is 352 Å². The van der Waals surface area contributed by atoms with Crippen LogP contribution < -0.4 is 30.5 Å². The van der Waals surface area contributed by atoms with Crippen LogP contribution in [0.15, 0.2) is 54.7 Å². The number of rotatable bonds is 12. The molecule has 0 bridgehead atoms. The number of carbonyl (C=O) groups excluding carboxylic acids is 4. The van der Waals surface area contributed by atoms with E-state index in [0.717, 1.165) is 55.1 Å². The van der Waals surface area contributed by atoms with Crippen molar-refractivity contribution in [2.24, 2.45) is 5.92 Å². The van der Waals surface area contributed by atoms with Crippen molar-refractivity contribution in [2.45, 2.75) is 90.0 Å². The molecule has 3 aromatic rings. The van der Waals surface area contributed by atoms with Crippen molar-refractivity contribution in [3.05, 3.63) is 71.5 Å². The summed E-state index contributed by atoms with van der Waals surface area (Å²) in [5.74, 6) is -0.234. The summed E-state index contributed by atoms with van der Waals surface area (Å²) in [4.78, 5) is 59.0. The fraction of sp³-hybridized carbons (Fsp3) is 0.439. The molecule has 0 saturated carbocycles. The van der Waals surface area contributed by atoms with Crippen LogP contribution in [0, 0.1) is 17.2 Å². The Morgan fingerprint density at radius 3 is 2.46 bits per heavy atom. The Bertz CT molecular complexity index is 2160. The minimum absolute atomic E-state index is 0. The second-order valence-corrected chi connectivity index (χ2v) is 15.5. The van der Waals surface area contributed by atoms with Crippen molar-refractivity contribution in [3.8, 4) is 11.8 Å². The minimum Gasteiger partial charge on any atom is -0.493 e. The number of hydrogen-bond acceptors (Lipinski definition) is 10. The smallest absolute Gasteiger partial charge is 0.419 e. The van der Waals surface area contributed by atoms with Gasteiger partial charge in [-0.15, -0.1) is 12.4 Å². The Kier molecular flexibility index (Phi) is 13.9. The van der Waals surface area contributed by atoms with E-state index in [0.29, 0.717) is 48.2 Å². The molecule has 3 N–H and O–H groups in total. The molecular weight excluding hydrogens is 809 g/mol. The van der Waals surface area contributed by atoms with Gasteiger partial charge in [0.1, 0.15) is 23.4 Å². The number of pyridine rings is 1. The number of carbonyl (C=O) groups is 4. The van der Waals surface area contributed by atoms with Crippen molar-refractivity contribution in [2.75, 3.05) is 40.1 Å². The third-order valence-corrected chi connectivity index (χ3v) is 11.3. The average molecular weight is 855 g/mol. The van der Waals surface area contributed by atoms with E-state index in [2.05, 4.69) is 25.8 Å². The number of piperidine rings is 2. The summed E-state index contributed by atoms with van der Waals surface area (Å²) in [5, 5.41) is 17.6. The lowest BCUT2D eigenvalue weighted by Crippen LogP contribution is -2.47. The van der Waals surface area contributed by atoms with Crippen molar-refractivity contribution in [1.82, 2.24) is 15.2 Å². The highest BCUT2D eigenvalue weighted by Gasteiger charge is 2.51. The highest BCUT2D eigenvalue weighted by atomic mass is 35.5. The molecule has 4 amide bonds. The van der Waals surface area contributed by atoms with Gasteiger partial charge in [0.2, 0.25) is 17.7 Å². The number of ether oxygens (including phenoxy) is 1. The van der Waals surface area contributed by atoms with Crippen LogP contribution in [0.1, 0.15) is 76.6 Å². The number of aromatic nitrogens is 1. The molecule has 0 aliphatic carbocycles. The molecule has 0 unspecified atom stereocenters. The minimum atomic E-state index is -4.86. The molecule has 1 aromatic heterocycles. The molecule has 6 rings (SSSR count).